The van der Waals surface area contributed by atoms with Gasteiger partial charge in [0.15, 0.2) is 5.96 Å². The van der Waals surface area contributed by atoms with Crippen LogP contribution in [0.25, 0.3) is 0 Å². The normalized spacial score (nSPS) is 17.5. The highest BCUT2D eigenvalue weighted by molar-refractivity contribution is 5.95. The van der Waals surface area contributed by atoms with Gasteiger partial charge in [-0.05, 0) is 44.1 Å². The number of guanidine groups is 1. The Hall–Kier alpha value is -4.20. The van der Waals surface area contributed by atoms with E-state index in [9.17, 15) is 29.1 Å². The molecule has 5 atom stereocenters. The predicted octanol–water partition coefficient (Wildman–Crippen LogP) is -1.18. The molecule has 0 aliphatic carbocycles. The lowest BCUT2D eigenvalue weighted by Gasteiger charge is -2.29. The molecule has 1 fully saturated rings. The zero-order valence-electron chi connectivity index (χ0n) is 24.4. The highest BCUT2D eigenvalue weighted by atomic mass is 16.4. The molecule has 0 bridgehead atoms. The molecule has 1 aromatic carbocycles. The van der Waals surface area contributed by atoms with Crippen LogP contribution in [0.4, 0.5) is 0 Å². The number of rotatable bonds is 15. The van der Waals surface area contributed by atoms with Crippen molar-refractivity contribution in [3.8, 4) is 0 Å². The highest BCUT2D eigenvalue weighted by Gasteiger charge is 2.38. The van der Waals surface area contributed by atoms with Crippen LogP contribution in [0.15, 0.2) is 35.3 Å². The van der Waals surface area contributed by atoms with E-state index in [-0.39, 0.29) is 31.3 Å². The Balaban J connectivity index is 2.15. The molecule has 42 heavy (non-hydrogen) atoms. The van der Waals surface area contributed by atoms with Crippen LogP contribution < -0.4 is 33.2 Å². The first kappa shape index (κ1) is 34.0. The van der Waals surface area contributed by atoms with Crippen molar-refractivity contribution in [3.05, 3.63) is 35.9 Å². The van der Waals surface area contributed by atoms with Gasteiger partial charge in [-0.1, -0.05) is 44.2 Å². The number of amides is 4. The lowest BCUT2D eigenvalue weighted by Crippen LogP contribution is -2.58. The number of benzene rings is 1. The van der Waals surface area contributed by atoms with Crippen molar-refractivity contribution in [1.29, 1.82) is 0 Å². The molecule has 1 saturated heterocycles. The second-order valence-corrected chi connectivity index (χ2v) is 10.8. The summed E-state index contributed by atoms with van der Waals surface area (Å²) in [7, 11) is 0. The third-order valence-corrected chi connectivity index (χ3v) is 7.06. The second kappa shape index (κ2) is 16.3. The molecule has 2 rings (SSSR count). The third-order valence-electron chi connectivity index (χ3n) is 7.06. The summed E-state index contributed by atoms with van der Waals surface area (Å²) >= 11 is 0. The number of nitrogens with one attached hydrogen (secondary N) is 3. The van der Waals surface area contributed by atoms with Crippen LogP contribution >= 0.6 is 0 Å². The van der Waals surface area contributed by atoms with Gasteiger partial charge >= 0.3 is 5.97 Å². The van der Waals surface area contributed by atoms with Gasteiger partial charge in [0.25, 0.3) is 0 Å². The van der Waals surface area contributed by atoms with E-state index in [1.54, 1.807) is 38.1 Å². The van der Waals surface area contributed by atoms with Gasteiger partial charge in [-0.15, -0.1) is 0 Å². The fourth-order valence-corrected chi connectivity index (χ4v) is 4.59. The minimum Gasteiger partial charge on any atom is -0.480 e. The summed E-state index contributed by atoms with van der Waals surface area (Å²) in [6.07, 6.45) is 1.40. The number of likely N-dealkylation sites (tertiary alicyclic amines) is 1. The number of nitrogens with zero attached hydrogens (tertiary/aromatic N) is 2. The van der Waals surface area contributed by atoms with Crippen molar-refractivity contribution in [2.75, 3.05) is 13.1 Å². The van der Waals surface area contributed by atoms with Crippen LogP contribution in [-0.2, 0) is 30.4 Å². The van der Waals surface area contributed by atoms with Gasteiger partial charge in [-0.25, -0.2) is 4.79 Å². The molecule has 232 valence electrons. The molecule has 0 saturated carbocycles. The standard InChI is InChI=1S/C28H44N8O6/c1-16(2)22(29)25(39)33-17(3)26(40)36-14-8-12-21(36)24(38)35-20(15-18-9-5-4-6-10-18)23(37)34-19(27(41)42)11-7-13-32-28(30)31/h4-6,9-10,16-17,19-22H,7-8,11-15,29H2,1-3H3,(H,33,39)(H,34,37)(H,35,38)(H,41,42)(H4,30,31,32)/t17-,19-,20-,21-,22-/m0/s1. The molecular formula is C28H44N8O6. The Morgan fingerprint density at radius 3 is 2.26 bits per heavy atom. The van der Waals surface area contributed by atoms with Gasteiger partial charge < -0.3 is 43.2 Å². The average Bonchev–Trinajstić information content (AvgIpc) is 3.43. The molecule has 0 radical (unpaired) electrons. The van der Waals surface area contributed by atoms with Gasteiger partial charge in [0.1, 0.15) is 24.2 Å². The van der Waals surface area contributed by atoms with Gasteiger partial charge in [0.2, 0.25) is 23.6 Å². The molecule has 14 nitrogen and oxygen atoms in total. The van der Waals surface area contributed by atoms with Crippen LogP contribution in [0.3, 0.4) is 0 Å². The van der Waals surface area contributed by atoms with Crippen LogP contribution in [0.5, 0.6) is 0 Å². The van der Waals surface area contributed by atoms with E-state index in [4.69, 9.17) is 17.2 Å². The summed E-state index contributed by atoms with van der Waals surface area (Å²) in [4.78, 5) is 69.4. The van der Waals surface area contributed by atoms with Crippen molar-refractivity contribution in [2.45, 2.75) is 83.1 Å². The van der Waals surface area contributed by atoms with E-state index in [1.165, 1.54) is 11.8 Å². The van der Waals surface area contributed by atoms with E-state index < -0.39 is 59.8 Å². The largest absolute Gasteiger partial charge is 0.480 e. The predicted molar refractivity (Wildman–Crippen MR) is 157 cm³/mol. The zero-order chi connectivity index (χ0) is 31.4. The van der Waals surface area contributed by atoms with Gasteiger partial charge in [0, 0.05) is 19.5 Å². The zero-order valence-corrected chi connectivity index (χ0v) is 24.4. The maximum absolute atomic E-state index is 13.5. The topological polar surface area (TPSA) is 235 Å². The van der Waals surface area contributed by atoms with Crippen LogP contribution in [0.1, 0.15) is 52.0 Å². The van der Waals surface area contributed by atoms with E-state index in [1.807, 2.05) is 6.07 Å². The fraction of sp³-hybridized carbons (Fsp3) is 0.571. The Morgan fingerprint density at radius 2 is 1.67 bits per heavy atom. The summed E-state index contributed by atoms with van der Waals surface area (Å²) in [5, 5.41) is 17.5. The SMILES string of the molecule is CC(C)[C@H](N)C(=O)N[C@@H](C)C(=O)N1CCC[C@H]1C(=O)N[C@@H](Cc1ccccc1)C(=O)N[C@@H](CCCN=C(N)N)C(=O)O. The van der Waals surface area contributed by atoms with Crippen LogP contribution in [0.2, 0.25) is 0 Å². The smallest absolute Gasteiger partial charge is 0.326 e. The molecule has 1 heterocycles. The van der Waals surface area contributed by atoms with E-state index in [0.29, 0.717) is 25.8 Å². The Bertz CT molecular complexity index is 1120. The van der Waals surface area contributed by atoms with Gasteiger partial charge in [-0.3, -0.25) is 24.2 Å². The Kier molecular flexibility index (Phi) is 13.2. The maximum Gasteiger partial charge on any atom is 0.326 e. The average molecular weight is 589 g/mol. The quantitative estimate of drug-likeness (QED) is 0.0740. The molecule has 14 heteroatoms. The lowest BCUT2D eigenvalue weighted by atomic mass is 10.0. The molecular weight excluding hydrogens is 544 g/mol. The minimum atomic E-state index is -1.24. The fourth-order valence-electron chi connectivity index (χ4n) is 4.59. The summed E-state index contributed by atoms with van der Waals surface area (Å²) < 4.78 is 0. The second-order valence-electron chi connectivity index (χ2n) is 10.8. The number of hydrogen-bond acceptors (Lipinski definition) is 7. The molecule has 1 aliphatic heterocycles. The molecule has 0 aromatic heterocycles. The van der Waals surface area contributed by atoms with Crippen molar-refractivity contribution in [2.24, 2.45) is 28.1 Å². The van der Waals surface area contributed by atoms with E-state index in [0.717, 1.165) is 5.56 Å². The van der Waals surface area contributed by atoms with E-state index >= 15 is 0 Å². The third kappa shape index (κ3) is 10.3. The number of carboxylic acid groups (broad SMARTS) is 1. The number of carbonyl (C=O) groups excluding carboxylic acids is 4. The summed E-state index contributed by atoms with van der Waals surface area (Å²) in [6, 6.07) is 4.06. The first-order chi connectivity index (χ1) is 19.8. The maximum atomic E-state index is 13.5. The highest BCUT2D eigenvalue weighted by Crippen LogP contribution is 2.19. The van der Waals surface area contributed by atoms with Crippen molar-refractivity contribution in [1.82, 2.24) is 20.9 Å². The number of hydrogen-bond donors (Lipinski definition) is 7. The minimum absolute atomic E-state index is 0.0683. The number of aliphatic imine (C=N–C) groups is 1. The van der Waals surface area contributed by atoms with Crippen molar-refractivity contribution < 1.29 is 29.1 Å². The summed E-state index contributed by atoms with van der Waals surface area (Å²) in [5.74, 6) is -3.60. The van der Waals surface area contributed by atoms with E-state index in [2.05, 4.69) is 20.9 Å². The Morgan fingerprint density at radius 1 is 1.00 bits per heavy atom. The number of carboxylic acids is 1. The molecule has 1 aromatic rings. The van der Waals surface area contributed by atoms with Gasteiger partial charge in [0.05, 0.1) is 6.04 Å². The lowest BCUT2D eigenvalue weighted by molar-refractivity contribution is -0.143. The van der Waals surface area contributed by atoms with Crippen molar-refractivity contribution >= 4 is 35.6 Å². The summed E-state index contributed by atoms with van der Waals surface area (Å²) in [5.41, 5.74) is 17.2. The Labute approximate surface area is 245 Å². The molecule has 1 aliphatic rings. The number of carbonyl (C=O) groups is 5. The molecule has 0 unspecified atom stereocenters. The van der Waals surface area contributed by atoms with Crippen molar-refractivity contribution in [3.63, 3.8) is 0 Å². The summed E-state index contributed by atoms with van der Waals surface area (Å²) in [6.45, 7) is 5.63. The first-order valence-corrected chi connectivity index (χ1v) is 14.1. The molecule has 10 N–H and O–H groups in total. The molecule has 4 amide bonds. The first-order valence-electron chi connectivity index (χ1n) is 14.1. The number of nitrogens with two attached hydrogens (primary N) is 3. The monoisotopic (exact) mass is 588 g/mol. The van der Waals surface area contributed by atoms with Crippen LogP contribution in [-0.4, -0.2) is 88.9 Å². The van der Waals surface area contributed by atoms with Gasteiger partial charge in [-0.2, -0.15) is 0 Å². The van der Waals surface area contributed by atoms with Crippen LogP contribution in [0, 0.1) is 5.92 Å². The molecule has 0 spiro atoms. The number of aliphatic carboxylic acids is 1.